The number of rotatable bonds is 3. The fraction of sp³-hybridized carbons (Fsp3) is 0.467. The van der Waals surface area contributed by atoms with Crippen LogP contribution in [0.5, 0.6) is 5.75 Å². The highest BCUT2D eigenvalue weighted by molar-refractivity contribution is 9.10. The van der Waals surface area contributed by atoms with Crippen molar-refractivity contribution < 1.29 is 14.3 Å². The number of ether oxygens (including phenoxy) is 1. The predicted molar refractivity (Wildman–Crippen MR) is 93.0 cm³/mol. The Morgan fingerprint density at radius 3 is 2.91 bits per heavy atom. The van der Waals surface area contributed by atoms with E-state index in [1.165, 1.54) is 4.90 Å². The van der Waals surface area contributed by atoms with Gasteiger partial charge in [0.1, 0.15) is 12.3 Å². The first-order valence-corrected chi connectivity index (χ1v) is 8.08. The van der Waals surface area contributed by atoms with Crippen LogP contribution < -0.4 is 15.4 Å². The monoisotopic (exact) mass is 403 g/mol. The average Bonchev–Trinajstić information content (AvgIpc) is 2.99. The fourth-order valence-electron chi connectivity index (χ4n) is 2.84. The third-order valence-electron chi connectivity index (χ3n) is 4.13. The van der Waals surface area contributed by atoms with E-state index in [4.69, 9.17) is 10.5 Å². The van der Waals surface area contributed by atoms with Gasteiger partial charge in [0.05, 0.1) is 5.69 Å². The maximum atomic E-state index is 12.4. The highest BCUT2D eigenvalue weighted by Crippen LogP contribution is 2.34. The van der Waals surface area contributed by atoms with Gasteiger partial charge >= 0.3 is 0 Å². The Labute approximate surface area is 149 Å². The Morgan fingerprint density at radius 1 is 1.43 bits per heavy atom. The summed E-state index contributed by atoms with van der Waals surface area (Å²) in [5.41, 5.74) is 6.30. The smallest absolute Gasteiger partial charge is 0.265 e. The molecule has 0 aliphatic carbocycles. The summed E-state index contributed by atoms with van der Waals surface area (Å²) in [5.74, 6) is 0.744. The van der Waals surface area contributed by atoms with Crippen LogP contribution >= 0.6 is 28.3 Å². The van der Waals surface area contributed by atoms with Gasteiger partial charge in [-0.15, -0.1) is 12.4 Å². The van der Waals surface area contributed by atoms with Gasteiger partial charge < -0.3 is 15.4 Å². The summed E-state index contributed by atoms with van der Waals surface area (Å²) in [6, 6.07) is 5.43. The molecule has 1 unspecified atom stereocenters. The second kappa shape index (κ2) is 7.51. The second-order valence-electron chi connectivity index (χ2n) is 5.61. The minimum Gasteiger partial charge on any atom is -0.482 e. The molecular weight excluding hydrogens is 386 g/mol. The van der Waals surface area contributed by atoms with E-state index >= 15 is 0 Å². The lowest BCUT2D eigenvalue weighted by Crippen LogP contribution is -2.46. The lowest BCUT2D eigenvalue weighted by atomic mass is 10.1. The molecule has 0 saturated carbocycles. The molecule has 0 bridgehead atoms. The van der Waals surface area contributed by atoms with Gasteiger partial charge in [-0.1, -0.05) is 15.9 Å². The van der Waals surface area contributed by atoms with Crippen LogP contribution in [0.2, 0.25) is 0 Å². The number of hydrogen-bond acceptors (Lipinski definition) is 4. The average molecular weight is 405 g/mol. The number of hydrogen-bond donors (Lipinski definition) is 1. The largest absolute Gasteiger partial charge is 0.482 e. The van der Waals surface area contributed by atoms with Gasteiger partial charge in [0, 0.05) is 17.6 Å². The number of carbonyl (C=O) groups is 2. The van der Waals surface area contributed by atoms with Gasteiger partial charge in [0.15, 0.2) is 6.61 Å². The molecule has 2 N–H and O–H groups in total. The van der Waals surface area contributed by atoms with E-state index < -0.39 is 0 Å². The Hall–Kier alpha value is -1.31. The summed E-state index contributed by atoms with van der Waals surface area (Å²) in [4.78, 5) is 27.8. The number of likely N-dealkylation sites (tertiary alicyclic amines) is 1. The number of nitrogens with zero attached hydrogens (tertiary/aromatic N) is 2. The normalized spacial score (nSPS) is 19.9. The minimum atomic E-state index is -0.197. The van der Waals surface area contributed by atoms with Crippen LogP contribution in [-0.2, 0) is 9.59 Å². The van der Waals surface area contributed by atoms with E-state index in [0.29, 0.717) is 37.0 Å². The van der Waals surface area contributed by atoms with E-state index in [9.17, 15) is 9.59 Å². The first-order chi connectivity index (χ1) is 10.6. The number of fused-ring (bicyclic) bond motifs is 1. The molecule has 126 valence electrons. The number of halogens is 2. The lowest BCUT2D eigenvalue weighted by Gasteiger charge is -2.30. The van der Waals surface area contributed by atoms with Crippen molar-refractivity contribution in [2.45, 2.75) is 6.42 Å². The maximum Gasteiger partial charge on any atom is 0.265 e. The topological polar surface area (TPSA) is 75.9 Å². The summed E-state index contributed by atoms with van der Waals surface area (Å²) in [7, 11) is 0. The molecule has 2 heterocycles. The van der Waals surface area contributed by atoms with Gasteiger partial charge in [-0.2, -0.15) is 0 Å². The van der Waals surface area contributed by atoms with Crippen molar-refractivity contribution in [1.29, 1.82) is 0 Å². The minimum absolute atomic E-state index is 0. The van der Waals surface area contributed by atoms with Crippen LogP contribution in [0.3, 0.4) is 0 Å². The Morgan fingerprint density at radius 2 is 2.22 bits per heavy atom. The maximum absolute atomic E-state index is 12.4. The van der Waals surface area contributed by atoms with Gasteiger partial charge in [-0.25, -0.2) is 0 Å². The molecule has 0 spiro atoms. The number of nitrogens with two attached hydrogens (primary N) is 1. The zero-order valence-corrected chi connectivity index (χ0v) is 14.9. The van der Waals surface area contributed by atoms with E-state index in [2.05, 4.69) is 15.9 Å². The van der Waals surface area contributed by atoms with Gasteiger partial charge in [0.25, 0.3) is 5.91 Å². The van der Waals surface area contributed by atoms with Gasteiger partial charge in [0.2, 0.25) is 5.91 Å². The number of carbonyl (C=O) groups excluding carboxylic acids is 2. The fourth-order valence-corrected chi connectivity index (χ4v) is 3.18. The molecule has 2 amide bonds. The molecule has 23 heavy (non-hydrogen) atoms. The third-order valence-corrected chi connectivity index (χ3v) is 4.62. The van der Waals surface area contributed by atoms with Crippen molar-refractivity contribution in [2.24, 2.45) is 11.7 Å². The van der Waals surface area contributed by atoms with Crippen molar-refractivity contribution in [2.75, 3.05) is 37.7 Å². The van der Waals surface area contributed by atoms with Crippen molar-refractivity contribution in [3.05, 3.63) is 22.7 Å². The van der Waals surface area contributed by atoms with Crippen LogP contribution in [0, 0.1) is 5.92 Å². The quantitative estimate of drug-likeness (QED) is 0.826. The highest BCUT2D eigenvalue weighted by Gasteiger charge is 2.31. The van der Waals surface area contributed by atoms with Crippen molar-refractivity contribution >= 4 is 45.8 Å². The summed E-state index contributed by atoms with van der Waals surface area (Å²) in [6.45, 7) is 2.00. The molecule has 1 fully saturated rings. The molecule has 3 rings (SSSR count). The molecule has 1 aromatic rings. The third kappa shape index (κ3) is 3.79. The Bertz CT molecular complexity index is 614. The molecule has 0 radical (unpaired) electrons. The molecule has 1 atom stereocenters. The van der Waals surface area contributed by atoms with Crippen molar-refractivity contribution in [3.8, 4) is 5.75 Å². The molecule has 1 aromatic carbocycles. The second-order valence-corrected chi connectivity index (χ2v) is 6.53. The van der Waals surface area contributed by atoms with E-state index in [1.54, 1.807) is 17.0 Å². The first-order valence-electron chi connectivity index (χ1n) is 7.29. The summed E-state index contributed by atoms with van der Waals surface area (Å²) in [6.07, 6.45) is 0.933. The Kier molecular flexibility index (Phi) is 5.89. The molecule has 2 aliphatic rings. The molecular formula is C15H19BrClN3O3. The first kappa shape index (κ1) is 18.0. The predicted octanol–water partition coefficient (Wildman–Crippen LogP) is 1.40. The summed E-state index contributed by atoms with van der Waals surface area (Å²) >= 11 is 3.37. The van der Waals surface area contributed by atoms with Crippen molar-refractivity contribution in [3.63, 3.8) is 0 Å². The van der Waals surface area contributed by atoms with Gasteiger partial charge in [-0.3, -0.25) is 14.5 Å². The van der Waals surface area contributed by atoms with Gasteiger partial charge in [-0.05, 0) is 37.1 Å². The molecule has 2 aliphatic heterocycles. The molecule has 6 nitrogen and oxygen atoms in total. The molecule has 0 aromatic heterocycles. The zero-order valence-electron chi connectivity index (χ0n) is 12.5. The van der Waals surface area contributed by atoms with Crippen LogP contribution in [0.4, 0.5) is 5.69 Å². The van der Waals surface area contributed by atoms with Crippen LogP contribution in [0.25, 0.3) is 0 Å². The van der Waals surface area contributed by atoms with Crippen LogP contribution in [0.15, 0.2) is 22.7 Å². The molecule has 1 saturated heterocycles. The molecule has 8 heteroatoms. The van der Waals surface area contributed by atoms with E-state index in [-0.39, 0.29) is 37.4 Å². The Balaban J connectivity index is 0.00000192. The summed E-state index contributed by atoms with van der Waals surface area (Å²) < 4.78 is 6.30. The van der Waals surface area contributed by atoms with E-state index in [1.807, 2.05) is 6.07 Å². The number of benzene rings is 1. The van der Waals surface area contributed by atoms with E-state index in [0.717, 1.165) is 10.9 Å². The zero-order chi connectivity index (χ0) is 15.7. The SMILES string of the molecule is Cl.NCC1CCN(C(=O)CN2C(=O)COc3cc(Br)ccc32)C1. The van der Waals surface area contributed by atoms with Crippen molar-refractivity contribution in [1.82, 2.24) is 4.90 Å². The van der Waals surface area contributed by atoms with Crippen LogP contribution in [-0.4, -0.2) is 49.5 Å². The number of anilines is 1. The highest BCUT2D eigenvalue weighted by atomic mass is 79.9. The number of amides is 2. The lowest BCUT2D eigenvalue weighted by molar-refractivity contribution is -0.131. The standard InChI is InChI=1S/C15H18BrN3O3.ClH/c16-11-1-2-12-13(5-11)22-9-15(21)19(12)8-14(20)18-4-3-10(6-17)7-18;/h1-2,5,10H,3-4,6-9,17H2;1H. The summed E-state index contributed by atoms with van der Waals surface area (Å²) in [5, 5.41) is 0. The van der Waals surface area contributed by atoms with Crippen LogP contribution in [0.1, 0.15) is 6.42 Å².